The highest BCUT2D eigenvalue weighted by atomic mass is 16.5. The molecule has 1 atom stereocenters. The minimum atomic E-state index is -0.981. The number of carbonyl (C=O) groups excluding carboxylic acids is 1. The number of alkyl carbamates (subject to hydrolysis) is 1. The standard InChI is InChI=1S/C20H23NO4/c1-13-9-15(3)17(10-14(13)2)18(11-19(22)23)21-20(24)25-12-16-7-5-4-6-8-16/h4-10,18H,11-12H2,1-3H3,(H,21,24)(H,22,23). The molecular weight excluding hydrogens is 318 g/mol. The third-order valence-electron chi connectivity index (χ3n) is 4.14. The summed E-state index contributed by atoms with van der Waals surface area (Å²) in [6.45, 7) is 6.01. The molecule has 0 fully saturated rings. The van der Waals surface area contributed by atoms with Crippen LogP contribution in [0, 0.1) is 20.8 Å². The molecule has 0 saturated heterocycles. The number of carbonyl (C=O) groups is 2. The van der Waals surface area contributed by atoms with Gasteiger partial charge in [-0.25, -0.2) is 4.79 Å². The monoisotopic (exact) mass is 341 g/mol. The van der Waals surface area contributed by atoms with Crippen molar-refractivity contribution in [3.63, 3.8) is 0 Å². The van der Waals surface area contributed by atoms with Crippen LogP contribution in [-0.4, -0.2) is 17.2 Å². The predicted molar refractivity (Wildman–Crippen MR) is 95.4 cm³/mol. The van der Waals surface area contributed by atoms with Crippen molar-refractivity contribution >= 4 is 12.1 Å². The van der Waals surface area contributed by atoms with Crippen molar-refractivity contribution < 1.29 is 19.4 Å². The third-order valence-corrected chi connectivity index (χ3v) is 4.14. The zero-order chi connectivity index (χ0) is 18.4. The zero-order valence-corrected chi connectivity index (χ0v) is 14.7. The lowest BCUT2D eigenvalue weighted by Crippen LogP contribution is -2.31. The van der Waals surface area contributed by atoms with E-state index in [4.69, 9.17) is 4.74 Å². The Hall–Kier alpha value is -2.82. The molecule has 0 bridgehead atoms. The third kappa shape index (κ3) is 5.35. The maximum absolute atomic E-state index is 12.1. The van der Waals surface area contributed by atoms with Gasteiger partial charge in [0.25, 0.3) is 0 Å². The summed E-state index contributed by atoms with van der Waals surface area (Å²) in [7, 11) is 0. The van der Waals surface area contributed by atoms with E-state index >= 15 is 0 Å². The van der Waals surface area contributed by atoms with Crippen molar-refractivity contribution in [3.8, 4) is 0 Å². The highest BCUT2D eigenvalue weighted by molar-refractivity contribution is 5.72. The largest absolute Gasteiger partial charge is 0.481 e. The van der Waals surface area contributed by atoms with Gasteiger partial charge in [-0.15, -0.1) is 0 Å². The van der Waals surface area contributed by atoms with E-state index in [0.29, 0.717) is 0 Å². The molecule has 0 saturated carbocycles. The Labute approximate surface area is 147 Å². The van der Waals surface area contributed by atoms with Crippen molar-refractivity contribution in [1.82, 2.24) is 5.32 Å². The van der Waals surface area contributed by atoms with Crippen LogP contribution in [0.2, 0.25) is 0 Å². The van der Waals surface area contributed by atoms with Crippen molar-refractivity contribution in [2.45, 2.75) is 39.8 Å². The van der Waals surface area contributed by atoms with Gasteiger partial charge in [-0.05, 0) is 48.6 Å². The van der Waals surface area contributed by atoms with Crippen LogP contribution in [0.1, 0.15) is 40.3 Å². The molecule has 0 heterocycles. The van der Waals surface area contributed by atoms with E-state index in [1.165, 1.54) is 0 Å². The molecule has 5 nitrogen and oxygen atoms in total. The van der Waals surface area contributed by atoms with Gasteiger partial charge >= 0.3 is 12.1 Å². The minimum Gasteiger partial charge on any atom is -0.481 e. The fourth-order valence-corrected chi connectivity index (χ4v) is 2.68. The van der Waals surface area contributed by atoms with Crippen LogP contribution in [0.4, 0.5) is 4.79 Å². The average Bonchev–Trinajstić information content (AvgIpc) is 2.56. The quantitative estimate of drug-likeness (QED) is 0.831. The number of carboxylic acids is 1. The van der Waals surface area contributed by atoms with Gasteiger partial charge in [0.1, 0.15) is 6.61 Å². The van der Waals surface area contributed by atoms with E-state index in [9.17, 15) is 14.7 Å². The second kappa shape index (κ2) is 8.33. The smallest absolute Gasteiger partial charge is 0.407 e. The Kier molecular flexibility index (Phi) is 6.17. The minimum absolute atomic E-state index is 0.137. The van der Waals surface area contributed by atoms with Crippen molar-refractivity contribution in [3.05, 3.63) is 70.3 Å². The molecule has 2 aromatic carbocycles. The van der Waals surface area contributed by atoms with E-state index < -0.39 is 18.1 Å². The highest BCUT2D eigenvalue weighted by Crippen LogP contribution is 2.24. The molecule has 1 amide bonds. The fourth-order valence-electron chi connectivity index (χ4n) is 2.68. The number of rotatable bonds is 6. The molecule has 0 spiro atoms. The summed E-state index contributed by atoms with van der Waals surface area (Å²) in [4.78, 5) is 23.3. The Morgan fingerprint density at radius 2 is 1.68 bits per heavy atom. The first-order chi connectivity index (χ1) is 11.9. The predicted octanol–water partition coefficient (Wildman–Crippen LogP) is 4.05. The maximum atomic E-state index is 12.1. The lowest BCUT2D eigenvalue weighted by atomic mass is 9.94. The second-order valence-corrected chi connectivity index (χ2v) is 6.15. The lowest BCUT2D eigenvalue weighted by Gasteiger charge is -2.20. The van der Waals surface area contributed by atoms with Crippen molar-refractivity contribution in [2.75, 3.05) is 0 Å². The number of aliphatic carboxylic acids is 1. The van der Waals surface area contributed by atoms with Gasteiger partial charge in [-0.2, -0.15) is 0 Å². The highest BCUT2D eigenvalue weighted by Gasteiger charge is 2.21. The van der Waals surface area contributed by atoms with E-state index in [1.54, 1.807) is 0 Å². The summed E-state index contributed by atoms with van der Waals surface area (Å²) in [5, 5.41) is 11.9. The topological polar surface area (TPSA) is 75.6 Å². The molecule has 2 N–H and O–H groups in total. The molecular formula is C20H23NO4. The first-order valence-electron chi connectivity index (χ1n) is 8.13. The molecule has 1 unspecified atom stereocenters. The Bertz CT molecular complexity index is 756. The summed E-state index contributed by atoms with van der Waals surface area (Å²) in [6, 6.07) is 12.6. The van der Waals surface area contributed by atoms with E-state index in [1.807, 2.05) is 63.2 Å². The molecule has 2 aromatic rings. The first-order valence-corrected chi connectivity index (χ1v) is 8.13. The molecule has 132 valence electrons. The summed E-state index contributed by atoms with van der Waals surface area (Å²) in [6.07, 6.45) is -0.836. The number of carboxylic acid groups (broad SMARTS) is 1. The number of hydrogen-bond acceptors (Lipinski definition) is 3. The maximum Gasteiger partial charge on any atom is 0.407 e. The first kappa shape index (κ1) is 18.5. The molecule has 2 rings (SSSR count). The van der Waals surface area contributed by atoms with Gasteiger partial charge < -0.3 is 15.2 Å². The molecule has 0 aliphatic carbocycles. The van der Waals surface area contributed by atoms with E-state index in [-0.39, 0.29) is 13.0 Å². The molecule has 0 aliphatic rings. The van der Waals surface area contributed by atoms with Crippen LogP contribution in [0.25, 0.3) is 0 Å². The van der Waals surface area contributed by atoms with Crippen LogP contribution in [0.3, 0.4) is 0 Å². The molecule has 0 aromatic heterocycles. The Morgan fingerprint density at radius 1 is 1.04 bits per heavy atom. The summed E-state index contributed by atoms with van der Waals surface area (Å²) >= 11 is 0. The summed E-state index contributed by atoms with van der Waals surface area (Å²) in [5.41, 5.74) is 4.78. The molecule has 25 heavy (non-hydrogen) atoms. The normalized spacial score (nSPS) is 11.6. The number of amides is 1. The van der Waals surface area contributed by atoms with Gasteiger partial charge in [0.15, 0.2) is 0 Å². The van der Waals surface area contributed by atoms with Gasteiger partial charge in [0.05, 0.1) is 12.5 Å². The second-order valence-electron chi connectivity index (χ2n) is 6.15. The fraction of sp³-hybridized carbons (Fsp3) is 0.300. The Morgan fingerprint density at radius 3 is 2.32 bits per heavy atom. The molecule has 0 radical (unpaired) electrons. The van der Waals surface area contributed by atoms with E-state index in [2.05, 4.69) is 5.32 Å². The molecule has 0 aliphatic heterocycles. The van der Waals surface area contributed by atoms with Gasteiger partial charge in [0, 0.05) is 0 Å². The van der Waals surface area contributed by atoms with Crippen LogP contribution < -0.4 is 5.32 Å². The zero-order valence-electron chi connectivity index (χ0n) is 14.7. The van der Waals surface area contributed by atoms with E-state index in [0.717, 1.165) is 27.8 Å². The number of ether oxygens (including phenoxy) is 1. The van der Waals surface area contributed by atoms with Gasteiger partial charge in [0.2, 0.25) is 0 Å². The van der Waals surface area contributed by atoms with Gasteiger partial charge in [-0.1, -0.05) is 42.5 Å². The number of hydrogen-bond donors (Lipinski definition) is 2. The average molecular weight is 341 g/mol. The van der Waals surface area contributed by atoms with Crippen molar-refractivity contribution in [2.24, 2.45) is 0 Å². The van der Waals surface area contributed by atoms with Crippen molar-refractivity contribution in [1.29, 1.82) is 0 Å². The van der Waals surface area contributed by atoms with Crippen LogP contribution in [0.5, 0.6) is 0 Å². The van der Waals surface area contributed by atoms with Crippen LogP contribution in [0.15, 0.2) is 42.5 Å². The SMILES string of the molecule is Cc1cc(C)c(C(CC(=O)O)NC(=O)OCc2ccccc2)cc1C. The number of aryl methyl sites for hydroxylation is 3. The van der Waals surface area contributed by atoms with Crippen LogP contribution in [-0.2, 0) is 16.1 Å². The lowest BCUT2D eigenvalue weighted by molar-refractivity contribution is -0.137. The van der Waals surface area contributed by atoms with Gasteiger partial charge in [-0.3, -0.25) is 4.79 Å². The molecule has 5 heteroatoms. The number of benzene rings is 2. The summed E-state index contributed by atoms with van der Waals surface area (Å²) in [5.74, 6) is -0.981. The number of nitrogens with one attached hydrogen (secondary N) is 1. The summed E-state index contributed by atoms with van der Waals surface area (Å²) < 4.78 is 5.21. The Balaban J connectivity index is 2.11. The van der Waals surface area contributed by atoms with Crippen LogP contribution >= 0.6 is 0 Å².